The van der Waals surface area contributed by atoms with Gasteiger partial charge in [-0.25, -0.2) is 4.79 Å². The van der Waals surface area contributed by atoms with Gasteiger partial charge in [0.15, 0.2) is 0 Å². The maximum Gasteiger partial charge on any atom is 0.337 e. The molecule has 30 heavy (non-hydrogen) atoms. The number of phenolic OH excluding ortho intramolecular Hbond substituents is 1. The Morgan fingerprint density at radius 1 is 1.17 bits per heavy atom. The molecule has 2 aliphatic heterocycles. The van der Waals surface area contributed by atoms with Gasteiger partial charge in [0.2, 0.25) is 0 Å². The summed E-state index contributed by atoms with van der Waals surface area (Å²) < 4.78 is 4.79. The molecule has 2 aliphatic rings. The van der Waals surface area contributed by atoms with Gasteiger partial charge in [-0.3, -0.25) is 9.80 Å². The summed E-state index contributed by atoms with van der Waals surface area (Å²) in [6, 6.07) is 16.1. The zero-order chi connectivity index (χ0) is 21.3. The highest BCUT2D eigenvalue weighted by Crippen LogP contribution is 2.43. The van der Waals surface area contributed by atoms with Crippen molar-refractivity contribution in [3.05, 3.63) is 65.2 Å². The molecule has 0 aliphatic carbocycles. The third-order valence-electron chi connectivity index (χ3n) is 7.23. The number of benzene rings is 2. The van der Waals surface area contributed by atoms with Crippen LogP contribution in [0.3, 0.4) is 0 Å². The molecule has 0 spiro atoms. The van der Waals surface area contributed by atoms with Gasteiger partial charge in [0.1, 0.15) is 5.75 Å². The number of rotatable bonds is 4. The monoisotopic (exact) mass is 408 g/mol. The molecule has 2 saturated heterocycles. The van der Waals surface area contributed by atoms with Crippen LogP contribution in [0.2, 0.25) is 0 Å². The van der Waals surface area contributed by atoms with Crippen LogP contribution in [0.1, 0.15) is 41.8 Å². The molecule has 2 aromatic rings. The number of piperazine rings is 1. The van der Waals surface area contributed by atoms with Gasteiger partial charge in [0.05, 0.1) is 12.7 Å². The van der Waals surface area contributed by atoms with Crippen molar-refractivity contribution in [2.24, 2.45) is 5.92 Å². The van der Waals surface area contributed by atoms with Gasteiger partial charge < -0.3 is 9.84 Å². The molecule has 0 bridgehead atoms. The first kappa shape index (κ1) is 20.9. The smallest absolute Gasteiger partial charge is 0.337 e. The van der Waals surface area contributed by atoms with Crippen molar-refractivity contribution < 1.29 is 14.6 Å². The second-order valence-electron chi connectivity index (χ2n) is 9.15. The Morgan fingerprint density at radius 3 is 2.63 bits per heavy atom. The summed E-state index contributed by atoms with van der Waals surface area (Å²) in [5.74, 6) is 0.592. The lowest BCUT2D eigenvalue weighted by molar-refractivity contribution is -0.00557. The number of nitrogens with zero attached hydrogens (tertiary/aromatic N) is 2. The second-order valence-corrected chi connectivity index (χ2v) is 9.15. The summed E-state index contributed by atoms with van der Waals surface area (Å²) in [5.41, 5.74) is 3.11. The molecule has 4 rings (SSSR count). The molecular formula is C25H32N2O3. The van der Waals surface area contributed by atoms with Gasteiger partial charge in [-0.05, 0) is 53.1 Å². The van der Waals surface area contributed by atoms with Crippen molar-refractivity contribution in [3.63, 3.8) is 0 Å². The molecule has 3 atom stereocenters. The van der Waals surface area contributed by atoms with Crippen LogP contribution in [-0.4, -0.2) is 60.2 Å². The Labute approximate surface area is 179 Å². The van der Waals surface area contributed by atoms with Gasteiger partial charge in [-0.2, -0.15) is 0 Å². The van der Waals surface area contributed by atoms with E-state index < -0.39 is 0 Å². The van der Waals surface area contributed by atoms with Crippen molar-refractivity contribution >= 4 is 5.97 Å². The Bertz CT molecular complexity index is 898. The van der Waals surface area contributed by atoms with Crippen molar-refractivity contribution in [3.8, 4) is 5.75 Å². The topological polar surface area (TPSA) is 53.0 Å². The van der Waals surface area contributed by atoms with Crippen molar-refractivity contribution in [2.45, 2.75) is 38.3 Å². The predicted molar refractivity (Wildman–Crippen MR) is 118 cm³/mol. The van der Waals surface area contributed by atoms with E-state index in [1.807, 2.05) is 36.4 Å². The molecular weight excluding hydrogens is 376 g/mol. The fourth-order valence-corrected chi connectivity index (χ4v) is 5.16. The van der Waals surface area contributed by atoms with Crippen LogP contribution in [0.4, 0.5) is 0 Å². The number of hydrogen-bond acceptors (Lipinski definition) is 5. The van der Waals surface area contributed by atoms with E-state index >= 15 is 0 Å². The van der Waals surface area contributed by atoms with E-state index in [4.69, 9.17) is 4.74 Å². The van der Waals surface area contributed by atoms with Crippen LogP contribution >= 0.6 is 0 Å². The lowest BCUT2D eigenvalue weighted by Gasteiger charge is -2.53. The van der Waals surface area contributed by atoms with E-state index in [0.29, 0.717) is 23.3 Å². The number of methoxy groups -OCH3 is 1. The third kappa shape index (κ3) is 4.09. The molecule has 0 unspecified atom stereocenters. The lowest BCUT2D eigenvalue weighted by Crippen LogP contribution is -2.60. The van der Waals surface area contributed by atoms with Gasteiger partial charge in [0, 0.05) is 38.8 Å². The molecule has 1 N–H and O–H groups in total. The van der Waals surface area contributed by atoms with E-state index in [0.717, 1.165) is 39.1 Å². The highest BCUT2D eigenvalue weighted by molar-refractivity contribution is 5.89. The minimum Gasteiger partial charge on any atom is -0.508 e. The van der Waals surface area contributed by atoms with Crippen LogP contribution in [-0.2, 0) is 16.7 Å². The fourth-order valence-electron chi connectivity index (χ4n) is 5.16. The number of phenols is 1. The first-order chi connectivity index (χ1) is 14.4. The Balaban J connectivity index is 1.45. The first-order valence-corrected chi connectivity index (χ1v) is 10.8. The van der Waals surface area contributed by atoms with Crippen LogP contribution in [0, 0.1) is 5.92 Å². The van der Waals surface area contributed by atoms with Crippen LogP contribution in [0.15, 0.2) is 48.5 Å². The Morgan fingerprint density at radius 2 is 1.93 bits per heavy atom. The van der Waals surface area contributed by atoms with Gasteiger partial charge in [-0.1, -0.05) is 38.1 Å². The lowest BCUT2D eigenvalue weighted by atomic mass is 9.65. The van der Waals surface area contributed by atoms with Crippen molar-refractivity contribution in [2.75, 3.05) is 33.3 Å². The number of carbonyl (C=O) groups is 1. The van der Waals surface area contributed by atoms with E-state index in [-0.39, 0.29) is 11.4 Å². The molecule has 5 heteroatoms. The summed E-state index contributed by atoms with van der Waals surface area (Å²) in [4.78, 5) is 16.8. The van der Waals surface area contributed by atoms with E-state index in [9.17, 15) is 9.90 Å². The fraction of sp³-hybridized carbons (Fsp3) is 0.480. The average molecular weight is 409 g/mol. The summed E-state index contributed by atoms with van der Waals surface area (Å²) in [7, 11) is 1.41. The molecule has 0 amide bonds. The molecule has 2 heterocycles. The van der Waals surface area contributed by atoms with Crippen molar-refractivity contribution in [1.29, 1.82) is 0 Å². The third-order valence-corrected chi connectivity index (χ3v) is 7.23. The number of esters is 1. The standard InChI is InChI=1S/C25H32N2O3/c1-18-15-27-12-11-26(16-19-7-9-20(10-8-19)24(29)30-3)17-22(27)14-25(18,2)21-5-4-6-23(28)13-21/h4-10,13,18,22,28H,11-12,14-17H2,1-3H3/t18-,22+,25+/m0/s1. The predicted octanol–water partition coefficient (Wildman–Crippen LogP) is 3.66. The normalized spacial score (nSPS) is 27.4. The van der Waals surface area contributed by atoms with Crippen molar-refractivity contribution in [1.82, 2.24) is 9.80 Å². The largest absolute Gasteiger partial charge is 0.508 e. The number of carbonyl (C=O) groups excluding carboxylic acids is 1. The Hall–Kier alpha value is -2.37. The highest BCUT2D eigenvalue weighted by atomic mass is 16.5. The van der Waals surface area contributed by atoms with Gasteiger partial charge >= 0.3 is 5.97 Å². The summed E-state index contributed by atoms with van der Waals surface area (Å²) in [6.07, 6.45) is 1.09. The van der Waals surface area contributed by atoms with Crippen LogP contribution < -0.4 is 0 Å². The number of hydrogen-bond donors (Lipinski definition) is 1. The maximum atomic E-state index is 11.6. The van der Waals surface area contributed by atoms with Gasteiger partial charge in [0.25, 0.3) is 0 Å². The van der Waals surface area contributed by atoms with Crippen LogP contribution in [0.5, 0.6) is 5.75 Å². The minimum absolute atomic E-state index is 0.0606. The minimum atomic E-state index is -0.294. The highest BCUT2D eigenvalue weighted by Gasteiger charge is 2.44. The van der Waals surface area contributed by atoms with E-state index in [1.165, 1.54) is 18.2 Å². The zero-order valence-corrected chi connectivity index (χ0v) is 18.2. The summed E-state index contributed by atoms with van der Waals surface area (Å²) in [6.45, 7) is 9.88. The molecule has 0 aromatic heterocycles. The molecule has 2 fully saturated rings. The zero-order valence-electron chi connectivity index (χ0n) is 18.2. The quantitative estimate of drug-likeness (QED) is 0.783. The molecule has 0 saturated carbocycles. The molecule has 160 valence electrons. The first-order valence-electron chi connectivity index (χ1n) is 10.8. The van der Waals surface area contributed by atoms with Gasteiger partial charge in [-0.15, -0.1) is 0 Å². The number of fused-ring (bicyclic) bond motifs is 1. The maximum absolute atomic E-state index is 11.6. The molecule has 5 nitrogen and oxygen atoms in total. The SMILES string of the molecule is COC(=O)c1ccc(CN2CCN3C[C@H](C)[C@](C)(c4cccc(O)c4)C[C@@H]3C2)cc1. The number of ether oxygens (including phenoxy) is 1. The summed E-state index contributed by atoms with van der Waals surface area (Å²) >= 11 is 0. The average Bonchev–Trinajstić information content (AvgIpc) is 2.75. The second kappa shape index (κ2) is 8.40. The molecule has 0 radical (unpaired) electrons. The van der Waals surface area contributed by atoms with E-state index in [2.05, 4.69) is 29.7 Å². The molecule has 2 aromatic carbocycles. The van der Waals surface area contributed by atoms with E-state index in [1.54, 1.807) is 6.07 Å². The van der Waals surface area contributed by atoms with Crippen LogP contribution in [0.25, 0.3) is 0 Å². The Kier molecular flexibility index (Phi) is 5.85. The number of aromatic hydroxyl groups is 1. The summed E-state index contributed by atoms with van der Waals surface area (Å²) in [5, 5.41) is 10.0. The number of piperidine rings is 1.